The summed E-state index contributed by atoms with van der Waals surface area (Å²) in [4.78, 5) is 17.7. The fraction of sp³-hybridized carbons (Fsp3) is 0.200. The highest BCUT2D eigenvalue weighted by Crippen LogP contribution is 2.24. The third-order valence-electron chi connectivity index (χ3n) is 3.21. The predicted molar refractivity (Wildman–Crippen MR) is 85.7 cm³/mol. The monoisotopic (exact) mass is 337 g/mol. The summed E-state index contributed by atoms with van der Waals surface area (Å²) in [6, 6.07) is 10.3. The summed E-state index contributed by atoms with van der Waals surface area (Å²) in [5.74, 6) is 0.393. The van der Waals surface area contributed by atoms with Crippen molar-refractivity contribution in [2.24, 2.45) is 0 Å². The summed E-state index contributed by atoms with van der Waals surface area (Å²) < 4.78 is 5.64. The van der Waals surface area contributed by atoms with Crippen LogP contribution >= 0.6 is 23.2 Å². The summed E-state index contributed by atoms with van der Waals surface area (Å²) in [5.41, 5.74) is 0.662. The van der Waals surface area contributed by atoms with Crippen LogP contribution in [0.4, 0.5) is 10.5 Å². The molecule has 1 fully saturated rings. The van der Waals surface area contributed by atoms with Crippen LogP contribution in [0.5, 0.6) is 5.88 Å². The van der Waals surface area contributed by atoms with Crippen molar-refractivity contribution in [2.75, 3.05) is 18.4 Å². The maximum Gasteiger partial charge on any atom is 0.322 e. The van der Waals surface area contributed by atoms with Crippen molar-refractivity contribution in [1.29, 1.82) is 0 Å². The normalized spacial score (nSPS) is 14.4. The Morgan fingerprint density at radius 3 is 2.82 bits per heavy atom. The Kier molecular flexibility index (Phi) is 4.36. The van der Waals surface area contributed by atoms with Crippen LogP contribution < -0.4 is 10.1 Å². The molecular formula is C15H13Cl2N3O2. The highest BCUT2D eigenvalue weighted by molar-refractivity contribution is 6.31. The number of aromatic nitrogens is 1. The van der Waals surface area contributed by atoms with Crippen molar-refractivity contribution in [3.8, 4) is 5.88 Å². The lowest BCUT2D eigenvalue weighted by atomic mass is 10.2. The third-order valence-corrected chi connectivity index (χ3v) is 3.74. The molecule has 1 aliphatic heterocycles. The second-order valence-corrected chi connectivity index (χ2v) is 5.72. The first-order valence-electron chi connectivity index (χ1n) is 6.70. The van der Waals surface area contributed by atoms with E-state index in [1.807, 2.05) is 0 Å². The van der Waals surface area contributed by atoms with Gasteiger partial charge in [-0.3, -0.25) is 0 Å². The first-order chi connectivity index (χ1) is 10.6. The Hall–Kier alpha value is -1.98. The molecule has 2 heterocycles. The van der Waals surface area contributed by atoms with Gasteiger partial charge in [-0.25, -0.2) is 9.78 Å². The summed E-state index contributed by atoms with van der Waals surface area (Å²) in [5, 5.41) is 3.82. The highest BCUT2D eigenvalue weighted by atomic mass is 35.5. The zero-order chi connectivity index (χ0) is 15.5. The largest absolute Gasteiger partial charge is 0.470 e. The molecule has 0 spiro atoms. The number of anilines is 1. The van der Waals surface area contributed by atoms with Crippen LogP contribution in [0.3, 0.4) is 0 Å². The van der Waals surface area contributed by atoms with Gasteiger partial charge in [-0.05, 0) is 30.3 Å². The van der Waals surface area contributed by atoms with Gasteiger partial charge in [0.1, 0.15) is 11.1 Å². The van der Waals surface area contributed by atoms with Gasteiger partial charge in [-0.15, -0.1) is 0 Å². The fourth-order valence-corrected chi connectivity index (χ4v) is 2.42. The van der Waals surface area contributed by atoms with Crippen molar-refractivity contribution < 1.29 is 9.53 Å². The lowest BCUT2D eigenvalue weighted by molar-refractivity contribution is 0.0462. The van der Waals surface area contributed by atoms with Gasteiger partial charge in [0, 0.05) is 16.9 Å². The van der Waals surface area contributed by atoms with Crippen LogP contribution in [0.25, 0.3) is 0 Å². The quantitative estimate of drug-likeness (QED) is 0.929. The number of amides is 2. The molecule has 0 unspecified atom stereocenters. The van der Waals surface area contributed by atoms with Crippen molar-refractivity contribution in [2.45, 2.75) is 6.10 Å². The van der Waals surface area contributed by atoms with E-state index < -0.39 is 0 Å². The minimum absolute atomic E-state index is 0.0995. The minimum atomic E-state index is -0.186. The van der Waals surface area contributed by atoms with E-state index in [9.17, 15) is 4.79 Å². The molecule has 0 bridgehead atoms. The number of ether oxygens (including phenoxy) is 1. The molecule has 3 rings (SSSR count). The van der Waals surface area contributed by atoms with E-state index in [-0.39, 0.29) is 12.1 Å². The van der Waals surface area contributed by atoms with E-state index >= 15 is 0 Å². The number of nitrogens with zero attached hydrogens (tertiary/aromatic N) is 2. The molecule has 2 amide bonds. The van der Waals surface area contributed by atoms with Gasteiger partial charge in [-0.1, -0.05) is 29.3 Å². The van der Waals surface area contributed by atoms with Crippen LogP contribution in [0.2, 0.25) is 10.0 Å². The Balaban J connectivity index is 1.51. The number of hydrogen-bond acceptors (Lipinski definition) is 3. The van der Waals surface area contributed by atoms with E-state index in [1.165, 1.54) is 0 Å². The molecular weight excluding hydrogens is 325 g/mol. The topological polar surface area (TPSA) is 54.5 Å². The molecule has 22 heavy (non-hydrogen) atoms. The number of nitrogens with one attached hydrogen (secondary N) is 1. The molecule has 1 saturated heterocycles. The van der Waals surface area contributed by atoms with Gasteiger partial charge < -0.3 is 15.0 Å². The maximum atomic E-state index is 12.0. The van der Waals surface area contributed by atoms with E-state index in [0.717, 1.165) is 0 Å². The van der Waals surface area contributed by atoms with E-state index in [0.29, 0.717) is 34.7 Å². The van der Waals surface area contributed by atoms with Crippen molar-refractivity contribution in [3.05, 3.63) is 52.6 Å². The van der Waals surface area contributed by atoms with Crippen molar-refractivity contribution in [3.63, 3.8) is 0 Å². The van der Waals surface area contributed by atoms with Gasteiger partial charge in [-0.2, -0.15) is 0 Å². The molecule has 7 heteroatoms. The summed E-state index contributed by atoms with van der Waals surface area (Å²) >= 11 is 11.9. The Morgan fingerprint density at radius 2 is 2.09 bits per heavy atom. The smallest absolute Gasteiger partial charge is 0.322 e. The standard InChI is InChI=1S/C15H13Cl2N3O2/c16-10-3-1-4-11(7-10)19-15(21)20-8-12(9-20)22-14-13(17)5-2-6-18-14/h1-7,12H,8-9H2,(H,19,21). The van der Waals surface area contributed by atoms with Gasteiger partial charge in [0.2, 0.25) is 5.88 Å². The summed E-state index contributed by atoms with van der Waals surface area (Å²) in [6.07, 6.45) is 1.52. The van der Waals surface area contributed by atoms with Crippen molar-refractivity contribution in [1.82, 2.24) is 9.88 Å². The molecule has 1 aromatic carbocycles. The van der Waals surface area contributed by atoms with Gasteiger partial charge in [0.25, 0.3) is 0 Å². The number of pyridine rings is 1. The van der Waals surface area contributed by atoms with Crippen LogP contribution in [-0.4, -0.2) is 35.1 Å². The second-order valence-electron chi connectivity index (χ2n) is 4.88. The zero-order valence-corrected chi connectivity index (χ0v) is 13.0. The lowest BCUT2D eigenvalue weighted by Crippen LogP contribution is -2.57. The SMILES string of the molecule is O=C(Nc1cccc(Cl)c1)N1CC(Oc2ncccc2Cl)C1. The molecule has 1 N–H and O–H groups in total. The maximum absolute atomic E-state index is 12.0. The average Bonchev–Trinajstić information content (AvgIpc) is 2.44. The molecule has 114 valence electrons. The third kappa shape index (κ3) is 3.43. The summed E-state index contributed by atoms with van der Waals surface area (Å²) in [6.45, 7) is 0.971. The van der Waals surface area contributed by atoms with Crippen LogP contribution in [0, 0.1) is 0 Å². The Bertz CT molecular complexity index is 690. The van der Waals surface area contributed by atoms with Crippen LogP contribution in [0.15, 0.2) is 42.6 Å². The van der Waals surface area contributed by atoms with Crippen LogP contribution in [-0.2, 0) is 0 Å². The zero-order valence-electron chi connectivity index (χ0n) is 11.5. The summed E-state index contributed by atoms with van der Waals surface area (Å²) in [7, 11) is 0. The number of hydrogen-bond donors (Lipinski definition) is 1. The van der Waals surface area contributed by atoms with E-state index in [1.54, 1.807) is 47.5 Å². The first kappa shape index (κ1) is 14.9. The molecule has 0 aliphatic carbocycles. The van der Waals surface area contributed by atoms with Crippen molar-refractivity contribution >= 4 is 34.9 Å². The van der Waals surface area contributed by atoms with Gasteiger partial charge >= 0.3 is 6.03 Å². The molecule has 0 saturated carbocycles. The Labute approximate surface area is 137 Å². The molecule has 1 aliphatic rings. The number of halogens is 2. The minimum Gasteiger partial charge on any atom is -0.470 e. The second kappa shape index (κ2) is 6.42. The molecule has 2 aromatic rings. The predicted octanol–water partition coefficient (Wildman–Crippen LogP) is 3.68. The van der Waals surface area contributed by atoms with E-state index in [2.05, 4.69) is 10.3 Å². The molecule has 0 atom stereocenters. The van der Waals surface area contributed by atoms with Gasteiger partial charge in [0.05, 0.1) is 13.1 Å². The Morgan fingerprint density at radius 1 is 1.27 bits per heavy atom. The molecule has 5 nitrogen and oxygen atoms in total. The lowest BCUT2D eigenvalue weighted by Gasteiger charge is -2.38. The number of likely N-dealkylation sites (tertiary alicyclic amines) is 1. The highest BCUT2D eigenvalue weighted by Gasteiger charge is 2.33. The average molecular weight is 338 g/mol. The number of benzene rings is 1. The number of carbonyl (C=O) groups excluding carboxylic acids is 1. The fourth-order valence-electron chi connectivity index (χ4n) is 2.06. The molecule has 0 radical (unpaired) electrons. The number of rotatable bonds is 3. The first-order valence-corrected chi connectivity index (χ1v) is 7.46. The number of carbonyl (C=O) groups is 1. The van der Waals surface area contributed by atoms with E-state index in [4.69, 9.17) is 27.9 Å². The number of urea groups is 1. The van der Waals surface area contributed by atoms with Crippen LogP contribution in [0.1, 0.15) is 0 Å². The molecule has 1 aromatic heterocycles. The van der Waals surface area contributed by atoms with Gasteiger partial charge in [0.15, 0.2) is 0 Å².